The van der Waals surface area contributed by atoms with E-state index in [1.165, 1.54) is 16.5 Å². The van der Waals surface area contributed by atoms with Crippen LogP contribution in [0.25, 0.3) is 22.6 Å². The van der Waals surface area contributed by atoms with E-state index in [4.69, 9.17) is 0 Å². The number of benzene rings is 1. The molecule has 0 unspecified atom stereocenters. The summed E-state index contributed by atoms with van der Waals surface area (Å²) in [6.07, 6.45) is 6.23. The number of aromatic nitrogens is 3. The maximum absolute atomic E-state index is 12.0. The maximum Gasteiger partial charge on any atom is 0.271 e. The molecule has 1 fully saturated rings. The standard InChI is InChI=1S/C16H15N3O/c1-19-9-11(12-4-2-3-5-14(12)19)8-13-15(10-6-7-10)17-18-16(13)20/h2-5,8-9,17H,6-7H2,1H3,(H,18,20). The summed E-state index contributed by atoms with van der Waals surface area (Å²) in [6.45, 7) is 0. The van der Waals surface area contributed by atoms with Crippen molar-refractivity contribution in [3.63, 3.8) is 0 Å². The highest BCUT2D eigenvalue weighted by Gasteiger charge is 2.14. The number of aromatic amines is 2. The molecule has 4 nitrogen and oxygen atoms in total. The summed E-state index contributed by atoms with van der Waals surface area (Å²) in [5.74, 6) is 0. The Kier molecular flexibility index (Phi) is 2.27. The van der Waals surface area contributed by atoms with Crippen molar-refractivity contribution in [2.45, 2.75) is 12.8 Å². The van der Waals surface area contributed by atoms with Crippen molar-refractivity contribution in [3.05, 3.63) is 56.9 Å². The number of nitrogens with one attached hydrogen (secondary N) is 2. The van der Waals surface area contributed by atoms with Crippen LogP contribution in [0.4, 0.5) is 0 Å². The van der Waals surface area contributed by atoms with Crippen LogP contribution < -0.4 is 16.1 Å². The Morgan fingerprint density at radius 1 is 1.20 bits per heavy atom. The quantitative estimate of drug-likeness (QED) is 0.677. The molecule has 0 atom stereocenters. The number of H-pyrrole nitrogens is 2. The van der Waals surface area contributed by atoms with Gasteiger partial charge in [-0.2, -0.15) is 0 Å². The van der Waals surface area contributed by atoms with Crippen LogP contribution >= 0.6 is 0 Å². The predicted octanol–water partition coefficient (Wildman–Crippen LogP) is 0.968. The van der Waals surface area contributed by atoms with Crippen LogP contribution in [0.15, 0.2) is 35.3 Å². The average Bonchev–Trinajstić information content (AvgIpc) is 3.17. The van der Waals surface area contributed by atoms with Crippen molar-refractivity contribution < 1.29 is 0 Å². The molecule has 100 valence electrons. The molecule has 3 aromatic rings. The number of rotatable bonds is 1. The summed E-state index contributed by atoms with van der Waals surface area (Å²) in [6, 6.07) is 8.23. The Morgan fingerprint density at radius 3 is 2.80 bits per heavy atom. The molecule has 0 spiro atoms. The van der Waals surface area contributed by atoms with E-state index in [0.717, 1.165) is 29.0 Å². The first-order valence-corrected chi connectivity index (χ1v) is 6.78. The molecule has 2 heterocycles. The lowest BCUT2D eigenvalue weighted by atomic mass is 10.1. The largest absolute Gasteiger partial charge is 0.350 e. The van der Waals surface area contributed by atoms with Crippen LogP contribution in [0.3, 0.4) is 0 Å². The van der Waals surface area contributed by atoms with Crippen LogP contribution in [0, 0.1) is 0 Å². The highest BCUT2D eigenvalue weighted by molar-refractivity contribution is 5.89. The van der Waals surface area contributed by atoms with E-state index in [1.54, 1.807) is 0 Å². The monoisotopic (exact) mass is 265 g/mol. The summed E-state index contributed by atoms with van der Waals surface area (Å²) in [5, 5.41) is 8.58. The predicted molar refractivity (Wildman–Crippen MR) is 79.8 cm³/mol. The lowest BCUT2D eigenvalue weighted by Gasteiger charge is -1.92. The number of fused-ring (bicyclic) bond motifs is 1. The third-order valence-corrected chi connectivity index (χ3v) is 3.90. The molecule has 0 saturated heterocycles. The Morgan fingerprint density at radius 2 is 2.00 bits per heavy atom. The summed E-state index contributed by atoms with van der Waals surface area (Å²) in [4.78, 5) is 12.0. The topological polar surface area (TPSA) is 53.6 Å². The van der Waals surface area contributed by atoms with Gasteiger partial charge in [0.25, 0.3) is 5.56 Å². The van der Waals surface area contributed by atoms with E-state index < -0.39 is 0 Å². The highest BCUT2D eigenvalue weighted by Crippen LogP contribution is 2.26. The van der Waals surface area contributed by atoms with Gasteiger partial charge in [-0.05, 0) is 30.6 Å². The molecule has 4 heteroatoms. The number of para-hydroxylation sites is 1. The summed E-state index contributed by atoms with van der Waals surface area (Å²) in [7, 11) is 2.03. The zero-order valence-corrected chi connectivity index (χ0v) is 11.2. The van der Waals surface area contributed by atoms with Crippen molar-refractivity contribution in [1.29, 1.82) is 0 Å². The molecule has 1 saturated carbocycles. The SMILES string of the molecule is Cn1cc(C=c2c(=O)[nH][nH]c2=C2CC2)c2ccccc21. The van der Waals surface area contributed by atoms with Gasteiger partial charge in [0.05, 0.1) is 10.6 Å². The number of aryl methyl sites for hydroxylation is 1. The molecule has 0 bridgehead atoms. The molecular formula is C16H15N3O. The van der Waals surface area contributed by atoms with Gasteiger partial charge in [-0.15, -0.1) is 0 Å². The van der Waals surface area contributed by atoms with Crippen molar-refractivity contribution in [3.8, 4) is 0 Å². The first-order valence-electron chi connectivity index (χ1n) is 6.78. The zero-order valence-electron chi connectivity index (χ0n) is 11.2. The van der Waals surface area contributed by atoms with E-state index in [2.05, 4.69) is 33.1 Å². The van der Waals surface area contributed by atoms with Gasteiger partial charge in [0.1, 0.15) is 0 Å². The summed E-state index contributed by atoms with van der Waals surface area (Å²) >= 11 is 0. The Labute approximate surface area is 115 Å². The fourth-order valence-electron chi connectivity index (χ4n) is 2.74. The maximum atomic E-state index is 12.0. The minimum absolute atomic E-state index is 0.0488. The molecular weight excluding hydrogens is 250 g/mol. The van der Waals surface area contributed by atoms with E-state index in [-0.39, 0.29) is 5.56 Å². The van der Waals surface area contributed by atoms with Crippen molar-refractivity contribution in [1.82, 2.24) is 14.8 Å². The molecule has 0 aliphatic heterocycles. The normalized spacial score (nSPS) is 15.2. The lowest BCUT2D eigenvalue weighted by molar-refractivity contribution is 0.968. The van der Waals surface area contributed by atoms with Gasteiger partial charge in [0, 0.05) is 29.7 Å². The minimum atomic E-state index is -0.0488. The first kappa shape index (κ1) is 11.3. The van der Waals surface area contributed by atoms with Gasteiger partial charge in [0.2, 0.25) is 0 Å². The second-order valence-electron chi connectivity index (χ2n) is 5.33. The van der Waals surface area contributed by atoms with Crippen LogP contribution in [0.2, 0.25) is 0 Å². The third kappa shape index (κ3) is 1.65. The zero-order chi connectivity index (χ0) is 13.7. The fourth-order valence-corrected chi connectivity index (χ4v) is 2.74. The highest BCUT2D eigenvalue weighted by atomic mass is 16.1. The molecule has 20 heavy (non-hydrogen) atoms. The minimum Gasteiger partial charge on any atom is -0.350 e. The number of hydrogen-bond acceptors (Lipinski definition) is 1. The van der Waals surface area contributed by atoms with Gasteiger partial charge in [-0.25, -0.2) is 0 Å². The molecule has 1 aliphatic rings. The van der Waals surface area contributed by atoms with Crippen LogP contribution in [0.1, 0.15) is 18.4 Å². The van der Waals surface area contributed by atoms with Gasteiger partial charge in [0.15, 0.2) is 0 Å². The van der Waals surface area contributed by atoms with E-state index in [1.807, 2.05) is 25.3 Å². The Hall–Kier alpha value is -2.49. The fraction of sp³-hybridized carbons (Fsp3) is 0.188. The Balaban J connectivity index is 2.08. The van der Waals surface area contributed by atoms with Crippen molar-refractivity contribution in [2.24, 2.45) is 7.05 Å². The molecule has 0 radical (unpaired) electrons. The smallest absolute Gasteiger partial charge is 0.271 e. The number of nitrogens with zero attached hydrogens (tertiary/aromatic N) is 1. The first-order chi connectivity index (χ1) is 9.74. The second-order valence-corrected chi connectivity index (χ2v) is 5.33. The van der Waals surface area contributed by atoms with Crippen LogP contribution in [-0.2, 0) is 7.05 Å². The second kappa shape index (κ2) is 4.00. The van der Waals surface area contributed by atoms with Crippen LogP contribution in [-0.4, -0.2) is 14.8 Å². The van der Waals surface area contributed by atoms with Gasteiger partial charge in [-0.3, -0.25) is 15.0 Å². The van der Waals surface area contributed by atoms with Crippen LogP contribution in [0.5, 0.6) is 0 Å². The van der Waals surface area contributed by atoms with Gasteiger partial charge in [-0.1, -0.05) is 18.2 Å². The van der Waals surface area contributed by atoms with E-state index >= 15 is 0 Å². The molecule has 0 amide bonds. The lowest BCUT2D eigenvalue weighted by Crippen LogP contribution is -2.33. The average molecular weight is 265 g/mol. The summed E-state index contributed by atoms with van der Waals surface area (Å²) in [5.41, 5.74) is 3.53. The molecule has 2 aromatic heterocycles. The number of hydrogen-bond donors (Lipinski definition) is 2. The van der Waals surface area contributed by atoms with Crippen molar-refractivity contribution in [2.75, 3.05) is 0 Å². The van der Waals surface area contributed by atoms with E-state index in [9.17, 15) is 4.79 Å². The molecule has 2 N–H and O–H groups in total. The summed E-state index contributed by atoms with van der Waals surface area (Å²) < 4.78 is 2.09. The van der Waals surface area contributed by atoms with Gasteiger partial charge >= 0.3 is 0 Å². The van der Waals surface area contributed by atoms with Gasteiger partial charge < -0.3 is 4.57 Å². The van der Waals surface area contributed by atoms with Crippen molar-refractivity contribution >= 4 is 22.6 Å². The third-order valence-electron chi connectivity index (χ3n) is 3.90. The molecule has 1 aromatic carbocycles. The van der Waals surface area contributed by atoms with E-state index in [0.29, 0.717) is 0 Å². The molecule has 1 aliphatic carbocycles. The molecule has 4 rings (SSSR count). The Bertz CT molecular complexity index is 979.